The fourth-order valence-electron chi connectivity index (χ4n) is 3.27. The van der Waals surface area contributed by atoms with E-state index in [0.717, 1.165) is 11.1 Å². The van der Waals surface area contributed by atoms with Crippen molar-refractivity contribution >= 4 is 21.4 Å². The Labute approximate surface area is 160 Å². The summed E-state index contributed by atoms with van der Waals surface area (Å²) in [6.07, 6.45) is 1.58. The molecule has 5 nitrogen and oxygen atoms in total. The number of carbonyl (C=O) groups excluding carboxylic acids is 1. The standard InChI is InChI=1S/C21H23NO4S/c1-4-26-20-7-5-17(6-8-20)21(23)22(18-9-10-27(24,25)14-18)19-12-15(2)11-16(3)13-19/h5-13,18H,4,14H2,1-3H3/t18-/m0/s1. The smallest absolute Gasteiger partial charge is 0.258 e. The molecule has 1 atom stereocenters. The first kappa shape index (κ1) is 19.2. The van der Waals surface area contributed by atoms with Crippen molar-refractivity contribution < 1.29 is 17.9 Å². The zero-order valence-corrected chi connectivity index (χ0v) is 16.5. The molecule has 142 valence electrons. The van der Waals surface area contributed by atoms with Gasteiger partial charge in [-0.15, -0.1) is 0 Å². The normalized spacial score (nSPS) is 17.7. The summed E-state index contributed by atoms with van der Waals surface area (Å²) in [7, 11) is -3.29. The van der Waals surface area contributed by atoms with Crippen molar-refractivity contribution in [3.05, 3.63) is 70.6 Å². The van der Waals surface area contributed by atoms with Crippen LogP contribution in [-0.4, -0.2) is 32.7 Å². The number of nitrogens with zero attached hydrogens (tertiary/aromatic N) is 1. The van der Waals surface area contributed by atoms with Gasteiger partial charge in [0, 0.05) is 16.7 Å². The fraction of sp³-hybridized carbons (Fsp3) is 0.286. The summed E-state index contributed by atoms with van der Waals surface area (Å²) in [4.78, 5) is 14.9. The molecule has 1 aliphatic heterocycles. The Morgan fingerprint density at radius 1 is 1.11 bits per heavy atom. The number of sulfone groups is 1. The third-order valence-corrected chi connectivity index (χ3v) is 5.74. The number of ether oxygens (including phenoxy) is 1. The highest BCUT2D eigenvalue weighted by molar-refractivity contribution is 7.94. The Morgan fingerprint density at radius 3 is 2.26 bits per heavy atom. The Kier molecular flexibility index (Phi) is 5.37. The summed E-state index contributed by atoms with van der Waals surface area (Å²) >= 11 is 0. The summed E-state index contributed by atoms with van der Waals surface area (Å²) in [5.74, 6) is 0.341. The maximum atomic E-state index is 13.3. The molecular weight excluding hydrogens is 362 g/mol. The highest BCUT2D eigenvalue weighted by atomic mass is 32.2. The lowest BCUT2D eigenvalue weighted by atomic mass is 10.1. The van der Waals surface area contributed by atoms with Crippen molar-refractivity contribution in [3.63, 3.8) is 0 Å². The molecule has 0 fully saturated rings. The summed E-state index contributed by atoms with van der Waals surface area (Å²) < 4.78 is 29.3. The van der Waals surface area contributed by atoms with Crippen LogP contribution < -0.4 is 9.64 Å². The van der Waals surface area contributed by atoms with Gasteiger partial charge in [-0.25, -0.2) is 8.42 Å². The molecule has 2 aromatic rings. The van der Waals surface area contributed by atoms with Crippen molar-refractivity contribution in [2.24, 2.45) is 0 Å². The van der Waals surface area contributed by atoms with E-state index in [2.05, 4.69) is 0 Å². The van der Waals surface area contributed by atoms with Gasteiger partial charge in [0.15, 0.2) is 9.84 Å². The van der Waals surface area contributed by atoms with Crippen LogP contribution in [0.2, 0.25) is 0 Å². The second kappa shape index (κ2) is 7.56. The van der Waals surface area contributed by atoms with E-state index in [1.54, 1.807) is 35.2 Å². The fourth-order valence-corrected chi connectivity index (χ4v) is 4.54. The minimum Gasteiger partial charge on any atom is -0.494 e. The van der Waals surface area contributed by atoms with Crippen molar-refractivity contribution in [1.82, 2.24) is 0 Å². The molecule has 0 bridgehead atoms. The molecule has 0 saturated carbocycles. The number of benzene rings is 2. The van der Waals surface area contributed by atoms with E-state index in [-0.39, 0.29) is 11.7 Å². The molecule has 27 heavy (non-hydrogen) atoms. The lowest BCUT2D eigenvalue weighted by molar-refractivity contribution is 0.0983. The summed E-state index contributed by atoms with van der Waals surface area (Å²) in [5.41, 5.74) is 3.20. The summed E-state index contributed by atoms with van der Waals surface area (Å²) in [6, 6.07) is 12.2. The van der Waals surface area contributed by atoms with E-state index < -0.39 is 15.9 Å². The third-order valence-electron chi connectivity index (χ3n) is 4.36. The molecular formula is C21H23NO4S. The first-order valence-electron chi connectivity index (χ1n) is 8.85. The van der Waals surface area contributed by atoms with Crippen LogP contribution in [0.25, 0.3) is 0 Å². The average molecular weight is 385 g/mol. The molecule has 0 unspecified atom stereocenters. The zero-order valence-electron chi connectivity index (χ0n) is 15.7. The minimum absolute atomic E-state index is 0.108. The number of anilines is 1. The summed E-state index contributed by atoms with van der Waals surface area (Å²) in [6.45, 7) is 6.36. The molecule has 0 radical (unpaired) electrons. The first-order valence-corrected chi connectivity index (χ1v) is 10.6. The van der Waals surface area contributed by atoms with Gasteiger partial charge in [-0.1, -0.05) is 6.07 Å². The first-order chi connectivity index (χ1) is 12.8. The molecule has 0 aromatic heterocycles. The van der Waals surface area contributed by atoms with Gasteiger partial charge in [-0.05, 0) is 74.4 Å². The largest absolute Gasteiger partial charge is 0.494 e. The molecule has 1 amide bonds. The van der Waals surface area contributed by atoms with Crippen molar-refractivity contribution in [3.8, 4) is 5.75 Å². The predicted octanol–water partition coefficient (Wildman–Crippen LogP) is 3.66. The lowest BCUT2D eigenvalue weighted by Gasteiger charge is -2.28. The maximum Gasteiger partial charge on any atom is 0.258 e. The second-order valence-corrected chi connectivity index (χ2v) is 8.64. The molecule has 3 rings (SSSR count). The number of amides is 1. The third kappa shape index (κ3) is 4.39. The van der Waals surface area contributed by atoms with Crippen LogP contribution in [0.5, 0.6) is 5.75 Å². The maximum absolute atomic E-state index is 13.3. The van der Waals surface area contributed by atoms with Crippen molar-refractivity contribution in [1.29, 1.82) is 0 Å². The lowest BCUT2D eigenvalue weighted by Crippen LogP contribution is -2.41. The average Bonchev–Trinajstić information content (AvgIpc) is 2.94. The Bertz CT molecular complexity index is 957. The van der Waals surface area contributed by atoms with Crippen molar-refractivity contribution in [2.45, 2.75) is 26.8 Å². The van der Waals surface area contributed by atoms with E-state index >= 15 is 0 Å². The molecule has 6 heteroatoms. The van der Waals surface area contributed by atoms with E-state index in [1.807, 2.05) is 39.0 Å². The Hall–Kier alpha value is -2.60. The molecule has 0 spiro atoms. The van der Waals surface area contributed by atoms with E-state index in [1.165, 1.54) is 5.41 Å². The number of carbonyl (C=O) groups is 1. The molecule has 0 saturated heterocycles. The predicted molar refractivity (Wildman–Crippen MR) is 107 cm³/mol. The SMILES string of the molecule is CCOc1ccc(C(=O)N(c2cc(C)cc(C)c2)[C@H]2C=CS(=O)(=O)C2)cc1. The van der Waals surface area contributed by atoms with Gasteiger partial charge in [-0.2, -0.15) is 0 Å². The number of aryl methyl sites for hydroxylation is 2. The van der Waals surface area contributed by atoms with Crippen molar-refractivity contribution in [2.75, 3.05) is 17.3 Å². The molecule has 0 N–H and O–H groups in total. The summed E-state index contributed by atoms with van der Waals surface area (Å²) in [5, 5.41) is 1.19. The Morgan fingerprint density at radius 2 is 1.74 bits per heavy atom. The van der Waals surface area contributed by atoms with Crippen LogP contribution in [0.1, 0.15) is 28.4 Å². The van der Waals surface area contributed by atoms with Gasteiger partial charge in [0.05, 0.1) is 18.4 Å². The van der Waals surface area contributed by atoms with Gasteiger partial charge in [0.1, 0.15) is 5.75 Å². The highest BCUT2D eigenvalue weighted by Gasteiger charge is 2.32. The topological polar surface area (TPSA) is 63.7 Å². The molecule has 2 aromatic carbocycles. The van der Waals surface area contributed by atoms with E-state index in [9.17, 15) is 13.2 Å². The Balaban J connectivity index is 2.01. The molecule has 0 aliphatic carbocycles. The van der Waals surface area contributed by atoms with Gasteiger partial charge in [0.2, 0.25) is 0 Å². The van der Waals surface area contributed by atoms with Crippen LogP contribution in [0.4, 0.5) is 5.69 Å². The second-order valence-electron chi connectivity index (χ2n) is 6.70. The van der Waals surface area contributed by atoms with Crippen LogP contribution in [0.3, 0.4) is 0 Å². The number of hydrogen-bond donors (Lipinski definition) is 0. The van der Waals surface area contributed by atoms with Gasteiger partial charge < -0.3 is 9.64 Å². The van der Waals surface area contributed by atoms with Gasteiger partial charge >= 0.3 is 0 Å². The zero-order chi connectivity index (χ0) is 19.6. The highest BCUT2D eigenvalue weighted by Crippen LogP contribution is 2.27. The van der Waals surface area contributed by atoms with E-state index in [0.29, 0.717) is 23.6 Å². The number of rotatable bonds is 5. The quantitative estimate of drug-likeness (QED) is 0.788. The van der Waals surface area contributed by atoms with Crippen LogP contribution in [0, 0.1) is 13.8 Å². The van der Waals surface area contributed by atoms with Crippen LogP contribution >= 0.6 is 0 Å². The molecule has 1 heterocycles. The van der Waals surface area contributed by atoms with Gasteiger partial charge in [-0.3, -0.25) is 4.79 Å². The monoisotopic (exact) mass is 385 g/mol. The minimum atomic E-state index is -3.29. The van der Waals surface area contributed by atoms with E-state index in [4.69, 9.17) is 4.74 Å². The molecule has 1 aliphatic rings. The number of hydrogen-bond acceptors (Lipinski definition) is 4. The van der Waals surface area contributed by atoms with Crippen LogP contribution in [0.15, 0.2) is 53.9 Å². The van der Waals surface area contributed by atoms with Gasteiger partial charge in [0.25, 0.3) is 5.91 Å². The van der Waals surface area contributed by atoms with Crippen LogP contribution in [-0.2, 0) is 9.84 Å².